The zero-order valence-electron chi connectivity index (χ0n) is 12.8. The van der Waals surface area contributed by atoms with Crippen molar-refractivity contribution in [2.24, 2.45) is 7.05 Å². The average Bonchev–Trinajstić information content (AvgIpc) is 2.77. The number of benzene rings is 1. The van der Waals surface area contributed by atoms with Crippen molar-refractivity contribution in [2.75, 3.05) is 17.7 Å². The topological polar surface area (TPSA) is 71.0 Å². The SMILES string of the molecule is CNCc1ccc(NC(=O)Nc2cc(Br)n(C)n2)cc1C(F)(F)F. The summed E-state index contributed by atoms with van der Waals surface area (Å²) in [4.78, 5) is 11.9. The first-order chi connectivity index (χ1) is 11.2. The van der Waals surface area contributed by atoms with Gasteiger partial charge in [0.1, 0.15) is 4.60 Å². The van der Waals surface area contributed by atoms with E-state index < -0.39 is 17.8 Å². The third kappa shape index (κ3) is 4.48. The van der Waals surface area contributed by atoms with Crippen LogP contribution < -0.4 is 16.0 Å². The molecule has 0 radical (unpaired) electrons. The van der Waals surface area contributed by atoms with E-state index in [1.54, 1.807) is 20.2 Å². The van der Waals surface area contributed by atoms with Crippen molar-refractivity contribution in [3.63, 3.8) is 0 Å². The van der Waals surface area contributed by atoms with Crippen LogP contribution in [0, 0.1) is 0 Å². The van der Waals surface area contributed by atoms with E-state index in [9.17, 15) is 18.0 Å². The molecule has 2 aromatic rings. The van der Waals surface area contributed by atoms with Crippen LogP contribution in [0.2, 0.25) is 0 Å². The molecule has 0 aliphatic carbocycles. The van der Waals surface area contributed by atoms with Gasteiger partial charge in [-0.05, 0) is 40.7 Å². The van der Waals surface area contributed by atoms with Gasteiger partial charge in [0.15, 0.2) is 5.82 Å². The maximum atomic E-state index is 13.1. The molecule has 2 rings (SSSR count). The molecule has 1 heterocycles. The van der Waals surface area contributed by atoms with E-state index in [0.717, 1.165) is 6.07 Å². The number of hydrogen-bond acceptors (Lipinski definition) is 3. The highest BCUT2D eigenvalue weighted by Gasteiger charge is 2.33. The van der Waals surface area contributed by atoms with Crippen LogP contribution in [-0.4, -0.2) is 22.9 Å². The summed E-state index contributed by atoms with van der Waals surface area (Å²) in [5, 5.41) is 11.5. The Kier molecular flexibility index (Phi) is 5.50. The summed E-state index contributed by atoms with van der Waals surface area (Å²) in [5.74, 6) is 0.268. The molecule has 2 amide bonds. The number of anilines is 2. The van der Waals surface area contributed by atoms with Crippen molar-refractivity contribution in [1.82, 2.24) is 15.1 Å². The number of urea groups is 1. The minimum atomic E-state index is -4.51. The van der Waals surface area contributed by atoms with E-state index in [-0.39, 0.29) is 23.6 Å². The van der Waals surface area contributed by atoms with Crippen molar-refractivity contribution in [3.8, 4) is 0 Å². The molecule has 0 aliphatic rings. The minimum Gasteiger partial charge on any atom is -0.316 e. The fourth-order valence-electron chi connectivity index (χ4n) is 2.05. The van der Waals surface area contributed by atoms with Crippen LogP contribution in [-0.2, 0) is 19.8 Å². The quantitative estimate of drug-likeness (QED) is 0.727. The molecule has 0 atom stereocenters. The maximum absolute atomic E-state index is 13.1. The molecule has 0 fully saturated rings. The predicted octanol–water partition coefficient (Wildman–Crippen LogP) is 3.56. The summed E-state index contributed by atoms with van der Waals surface area (Å²) in [5.41, 5.74) is -0.658. The van der Waals surface area contributed by atoms with Gasteiger partial charge in [0, 0.05) is 25.3 Å². The van der Waals surface area contributed by atoms with Crippen molar-refractivity contribution >= 4 is 33.5 Å². The number of nitrogens with zero attached hydrogens (tertiary/aromatic N) is 2. The Morgan fingerprint density at radius 1 is 1.29 bits per heavy atom. The van der Waals surface area contributed by atoms with Gasteiger partial charge < -0.3 is 10.6 Å². The van der Waals surface area contributed by atoms with Crippen LogP contribution in [0.1, 0.15) is 11.1 Å². The zero-order chi connectivity index (χ0) is 17.9. The Balaban J connectivity index is 2.15. The van der Waals surface area contributed by atoms with Gasteiger partial charge in [-0.2, -0.15) is 18.3 Å². The molecule has 10 heteroatoms. The molecule has 0 saturated heterocycles. The number of alkyl halides is 3. The third-order valence-corrected chi connectivity index (χ3v) is 3.85. The highest BCUT2D eigenvalue weighted by atomic mass is 79.9. The number of aryl methyl sites for hydroxylation is 1. The summed E-state index contributed by atoms with van der Waals surface area (Å²) in [6, 6.07) is 4.52. The van der Waals surface area contributed by atoms with Gasteiger partial charge in [-0.25, -0.2) is 4.79 Å². The molecule has 0 unspecified atom stereocenters. The van der Waals surface area contributed by atoms with E-state index >= 15 is 0 Å². The lowest BCUT2D eigenvalue weighted by molar-refractivity contribution is -0.138. The highest BCUT2D eigenvalue weighted by Crippen LogP contribution is 2.33. The zero-order valence-corrected chi connectivity index (χ0v) is 14.4. The molecule has 0 aliphatic heterocycles. The van der Waals surface area contributed by atoms with E-state index in [4.69, 9.17) is 0 Å². The van der Waals surface area contributed by atoms with Gasteiger partial charge in [0.2, 0.25) is 0 Å². The molecule has 1 aromatic heterocycles. The number of amides is 2. The summed E-state index contributed by atoms with van der Waals surface area (Å²) in [6.07, 6.45) is -4.51. The lowest BCUT2D eigenvalue weighted by atomic mass is 10.1. The number of carbonyl (C=O) groups excluding carboxylic acids is 1. The van der Waals surface area contributed by atoms with Crippen LogP contribution in [0.15, 0.2) is 28.9 Å². The van der Waals surface area contributed by atoms with E-state index in [0.29, 0.717) is 4.60 Å². The summed E-state index contributed by atoms with van der Waals surface area (Å²) in [6.45, 7) is 0.0727. The standard InChI is InChI=1S/C14H15BrF3N5O/c1-19-7-8-3-4-9(5-10(8)14(16,17)18)20-13(24)21-12-6-11(15)23(2)22-12/h3-6,19H,7H2,1-2H3,(H2,20,21,22,24). The fourth-order valence-corrected chi connectivity index (χ4v) is 2.34. The lowest BCUT2D eigenvalue weighted by Gasteiger charge is -2.15. The summed E-state index contributed by atoms with van der Waals surface area (Å²) < 4.78 is 41.5. The Morgan fingerprint density at radius 2 is 2.00 bits per heavy atom. The van der Waals surface area contributed by atoms with Crippen molar-refractivity contribution in [2.45, 2.75) is 12.7 Å². The number of aromatic nitrogens is 2. The third-order valence-electron chi connectivity index (χ3n) is 3.10. The predicted molar refractivity (Wildman–Crippen MR) is 87.8 cm³/mol. The Hall–Kier alpha value is -2.07. The Bertz CT molecular complexity index is 725. The largest absolute Gasteiger partial charge is 0.416 e. The van der Waals surface area contributed by atoms with Crippen LogP contribution >= 0.6 is 15.9 Å². The van der Waals surface area contributed by atoms with Gasteiger partial charge in [-0.3, -0.25) is 10.00 Å². The monoisotopic (exact) mass is 405 g/mol. The maximum Gasteiger partial charge on any atom is 0.416 e. The smallest absolute Gasteiger partial charge is 0.316 e. The highest BCUT2D eigenvalue weighted by molar-refractivity contribution is 9.10. The van der Waals surface area contributed by atoms with Gasteiger partial charge in [-0.1, -0.05) is 6.07 Å². The normalized spacial score (nSPS) is 11.4. The summed E-state index contributed by atoms with van der Waals surface area (Å²) in [7, 11) is 3.23. The Labute approximate surface area is 144 Å². The van der Waals surface area contributed by atoms with Crippen LogP contribution in [0.5, 0.6) is 0 Å². The molecule has 24 heavy (non-hydrogen) atoms. The first-order valence-corrected chi connectivity index (χ1v) is 7.62. The number of carbonyl (C=O) groups is 1. The van der Waals surface area contributed by atoms with Crippen LogP contribution in [0.4, 0.5) is 29.5 Å². The first-order valence-electron chi connectivity index (χ1n) is 6.83. The van der Waals surface area contributed by atoms with Gasteiger partial charge in [-0.15, -0.1) is 0 Å². The second-order valence-electron chi connectivity index (χ2n) is 4.96. The van der Waals surface area contributed by atoms with Gasteiger partial charge in [0.25, 0.3) is 0 Å². The van der Waals surface area contributed by atoms with Crippen LogP contribution in [0.25, 0.3) is 0 Å². The molecule has 3 N–H and O–H groups in total. The molecule has 0 saturated carbocycles. The number of hydrogen-bond donors (Lipinski definition) is 3. The number of halogens is 4. The number of rotatable bonds is 4. The number of nitrogens with one attached hydrogen (secondary N) is 3. The molecule has 0 bridgehead atoms. The second-order valence-corrected chi connectivity index (χ2v) is 5.77. The summed E-state index contributed by atoms with van der Waals surface area (Å²) >= 11 is 3.22. The van der Waals surface area contributed by atoms with Crippen LogP contribution in [0.3, 0.4) is 0 Å². The van der Waals surface area contributed by atoms with Gasteiger partial charge >= 0.3 is 12.2 Å². The van der Waals surface area contributed by atoms with E-state index in [1.807, 2.05) is 0 Å². The molecular formula is C14H15BrF3N5O. The molecule has 130 valence electrons. The van der Waals surface area contributed by atoms with Crippen molar-refractivity contribution < 1.29 is 18.0 Å². The van der Waals surface area contributed by atoms with E-state index in [2.05, 4.69) is 37.0 Å². The first kappa shape index (κ1) is 18.3. The fraction of sp³-hybridized carbons (Fsp3) is 0.286. The lowest BCUT2D eigenvalue weighted by Crippen LogP contribution is -2.21. The molecular weight excluding hydrogens is 391 g/mol. The van der Waals surface area contributed by atoms with Gasteiger partial charge in [0.05, 0.1) is 5.56 Å². The molecule has 1 aromatic carbocycles. The Morgan fingerprint density at radius 3 is 2.54 bits per heavy atom. The van der Waals surface area contributed by atoms with Crippen molar-refractivity contribution in [3.05, 3.63) is 40.0 Å². The van der Waals surface area contributed by atoms with Crippen molar-refractivity contribution in [1.29, 1.82) is 0 Å². The molecule has 6 nitrogen and oxygen atoms in total. The average molecular weight is 406 g/mol. The van der Waals surface area contributed by atoms with E-state index in [1.165, 1.54) is 16.8 Å². The second kappa shape index (κ2) is 7.22. The molecule has 0 spiro atoms. The minimum absolute atomic E-state index is 0.0367.